The lowest BCUT2D eigenvalue weighted by atomic mass is 9.98. The van der Waals surface area contributed by atoms with Gasteiger partial charge in [0, 0.05) is 11.8 Å². The van der Waals surface area contributed by atoms with Gasteiger partial charge in [-0.3, -0.25) is 9.59 Å². The third-order valence-electron chi connectivity index (χ3n) is 2.11. The molecule has 0 saturated carbocycles. The van der Waals surface area contributed by atoms with E-state index in [0.717, 1.165) is 6.92 Å². The Bertz CT molecular complexity index is 368. The van der Waals surface area contributed by atoms with Gasteiger partial charge in [0.2, 0.25) is 5.78 Å². The summed E-state index contributed by atoms with van der Waals surface area (Å²) in [5, 5.41) is 48.7. The van der Waals surface area contributed by atoms with Crippen LogP contribution in [0, 0.1) is 0 Å². The van der Waals surface area contributed by atoms with E-state index < -0.39 is 42.2 Å². The van der Waals surface area contributed by atoms with Gasteiger partial charge in [-0.25, -0.2) is 0 Å². The van der Waals surface area contributed by atoms with Crippen LogP contribution in [-0.2, 0) is 9.59 Å². The highest BCUT2D eigenvalue weighted by molar-refractivity contribution is 6.38. The smallest absolute Gasteiger partial charge is 0.229 e. The van der Waals surface area contributed by atoms with Crippen molar-refractivity contribution in [3.05, 3.63) is 10.4 Å². The van der Waals surface area contributed by atoms with Crippen LogP contribution in [0.25, 0.3) is 10.4 Å². The maximum atomic E-state index is 11.0. The van der Waals surface area contributed by atoms with Crippen LogP contribution in [0.5, 0.6) is 0 Å². The molecule has 0 amide bonds. The SMILES string of the molecule is CC(=O)C(=O)[C@H](O)[C@@H](O)[C@@H](O)[C@H](O)C(O)N=[N+]=[N-]. The van der Waals surface area contributed by atoms with Crippen molar-refractivity contribution in [2.24, 2.45) is 5.11 Å². The number of carbonyl (C=O) groups excluding carboxylic acids is 2. The van der Waals surface area contributed by atoms with E-state index in [1.54, 1.807) is 0 Å². The monoisotopic (exact) mass is 263 g/mol. The van der Waals surface area contributed by atoms with Gasteiger partial charge >= 0.3 is 0 Å². The Morgan fingerprint density at radius 3 is 1.94 bits per heavy atom. The summed E-state index contributed by atoms with van der Waals surface area (Å²) in [6.07, 6.45) is -10.9. The van der Waals surface area contributed by atoms with Crippen LogP contribution in [0.2, 0.25) is 0 Å². The van der Waals surface area contributed by atoms with Crippen molar-refractivity contribution in [1.82, 2.24) is 0 Å². The molecule has 0 heterocycles. The Labute approximate surface area is 101 Å². The van der Waals surface area contributed by atoms with Crippen LogP contribution in [0.1, 0.15) is 6.92 Å². The molecule has 0 aliphatic rings. The number of azide groups is 1. The highest BCUT2D eigenvalue weighted by atomic mass is 16.4. The van der Waals surface area contributed by atoms with Crippen molar-refractivity contribution in [2.75, 3.05) is 0 Å². The molecule has 0 rings (SSSR count). The third-order valence-corrected chi connectivity index (χ3v) is 2.11. The van der Waals surface area contributed by atoms with Crippen LogP contribution in [0.3, 0.4) is 0 Å². The third kappa shape index (κ3) is 4.04. The second-order valence-corrected chi connectivity index (χ2v) is 3.46. The molecule has 0 aromatic rings. The molecule has 18 heavy (non-hydrogen) atoms. The lowest BCUT2D eigenvalue weighted by molar-refractivity contribution is -0.157. The molecule has 0 aromatic carbocycles. The van der Waals surface area contributed by atoms with Crippen molar-refractivity contribution in [3.63, 3.8) is 0 Å². The Morgan fingerprint density at radius 1 is 1.06 bits per heavy atom. The first-order chi connectivity index (χ1) is 8.23. The fraction of sp³-hybridized carbons (Fsp3) is 0.750. The number of hydrogen-bond donors (Lipinski definition) is 5. The number of carbonyl (C=O) groups is 2. The molecule has 1 unspecified atom stereocenters. The molecule has 5 atom stereocenters. The van der Waals surface area contributed by atoms with E-state index in [4.69, 9.17) is 10.6 Å². The van der Waals surface area contributed by atoms with E-state index in [-0.39, 0.29) is 0 Å². The van der Waals surface area contributed by atoms with Gasteiger partial charge in [0.15, 0.2) is 12.0 Å². The van der Waals surface area contributed by atoms with Crippen LogP contribution >= 0.6 is 0 Å². The van der Waals surface area contributed by atoms with Crippen molar-refractivity contribution in [2.45, 2.75) is 37.6 Å². The van der Waals surface area contributed by atoms with Crippen molar-refractivity contribution in [3.8, 4) is 0 Å². The summed E-state index contributed by atoms with van der Waals surface area (Å²) in [5.41, 5.74) is 7.97. The Balaban J connectivity index is 4.77. The van der Waals surface area contributed by atoms with Gasteiger partial charge in [0.05, 0.1) is 0 Å². The summed E-state index contributed by atoms with van der Waals surface area (Å²) in [6, 6.07) is 0. The molecule has 10 heteroatoms. The van der Waals surface area contributed by atoms with Crippen LogP contribution in [-0.4, -0.2) is 67.7 Å². The van der Waals surface area contributed by atoms with Crippen LogP contribution in [0.15, 0.2) is 5.11 Å². The Morgan fingerprint density at radius 2 is 1.56 bits per heavy atom. The van der Waals surface area contributed by atoms with E-state index >= 15 is 0 Å². The quantitative estimate of drug-likeness (QED) is 0.142. The largest absolute Gasteiger partial charge is 0.387 e. The number of hydrogen-bond acceptors (Lipinski definition) is 8. The van der Waals surface area contributed by atoms with Crippen LogP contribution in [0.4, 0.5) is 0 Å². The number of aliphatic hydroxyl groups is 5. The Hall–Kier alpha value is -1.55. The number of Topliss-reactive ketones (excluding diaryl/α,β-unsaturated/α-hetero) is 2. The number of aliphatic hydroxyl groups excluding tert-OH is 5. The molecule has 0 aliphatic carbocycles. The fourth-order valence-corrected chi connectivity index (χ4v) is 1.05. The Kier molecular flexibility index (Phi) is 6.41. The van der Waals surface area contributed by atoms with E-state index in [0.29, 0.717) is 0 Å². The van der Waals surface area contributed by atoms with Crippen molar-refractivity contribution >= 4 is 11.6 Å². The normalized spacial score (nSPS) is 19.0. The van der Waals surface area contributed by atoms with E-state index in [9.17, 15) is 30.0 Å². The first-order valence-corrected chi connectivity index (χ1v) is 4.73. The molecule has 0 spiro atoms. The van der Waals surface area contributed by atoms with Gasteiger partial charge in [-0.15, -0.1) is 0 Å². The first kappa shape index (κ1) is 16.4. The predicted octanol–water partition coefficient (Wildman–Crippen LogP) is -2.78. The van der Waals surface area contributed by atoms with E-state index in [1.165, 1.54) is 0 Å². The zero-order chi connectivity index (χ0) is 14.5. The topological polar surface area (TPSA) is 184 Å². The first-order valence-electron chi connectivity index (χ1n) is 4.73. The summed E-state index contributed by atoms with van der Waals surface area (Å²) in [6.45, 7) is 0.843. The molecule has 0 aliphatic heterocycles. The maximum Gasteiger partial charge on any atom is 0.229 e. The standard InChI is InChI=1S/C8H13N3O7/c1-2(12)3(13)4(14)5(15)6(16)7(17)8(18)10-11-9/h4-8,14-18H,1H3/t4-,5+,6+,7-,8?/m0/s1. The zero-order valence-electron chi connectivity index (χ0n) is 9.28. The molecule has 0 bridgehead atoms. The zero-order valence-corrected chi connectivity index (χ0v) is 9.28. The van der Waals surface area contributed by atoms with Gasteiger partial charge in [0.25, 0.3) is 0 Å². The van der Waals surface area contributed by atoms with Gasteiger partial charge in [0.1, 0.15) is 24.4 Å². The highest BCUT2D eigenvalue weighted by Crippen LogP contribution is 2.10. The van der Waals surface area contributed by atoms with Gasteiger partial charge in [-0.1, -0.05) is 5.11 Å². The predicted molar refractivity (Wildman–Crippen MR) is 54.9 cm³/mol. The van der Waals surface area contributed by atoms with Crippen LogP contribution < -0.4 is 0 Å². The molecular weight excluding hydrogens is 250 g/mol. The lowest BCUT2D eigenvalue weighted by Gasteiger charge is -2.26. The molecule has 5 N–H and O–H groups in total. The maximum absolute atomic E-state index is 11.0. The summed E-state index contributed by atoms with van der Waals surface area (Å²) < 4.78 is 0. The van der Waals surface area contributed by atoms with Crippen molar-refractivity contribution in [1.29, 1.82) is 0 Å². The average molecular weight is 263 g/mol. The molecule has 0 saturated heterocycles. The molecule has 0 radical (unpaired) electrons. The summed E-state index contributed by atoms with van der Waals surface area (Å²) in [7, 11) is 0. The summed E-state index contributed by atoms with van der Waals surface area (Å²) in [4.78, 5) is 23.8. The van der Waals surface area contributed by atoms with Gasteiger partial charge in [-0.05, 0) is 5.53 Å². The molecule has 0 aromatic heterocycles. The number of nitrogens with zero attached hydrogens (tertiary/aromatic N) is 3. The molecule has 102 valence electrons. The second-order valence-electron chi connectivity index (χ2n) is 3.46. The fourth-order valence-electron chi connectivity index (χ4n) is 1.05. The van der Waals surface area contributed by atoms with Gasteiger partial charge in [-0.2, -0.15) is 0 Å². The second kappa shape index (κ2) is 7.01. The molecular formula is C8H13N3O7. The van der Waals surface area contributed by atoms with Crippen molar-refractivity contribution < 1.29 is 35.1 Å². The molecule has 10 nitrogen and oxygen atoms in total. The minimum atomic E-state index is -2.26. The number of rotatable bonds is 7. The average Bonchev–Trinajstić information content (AvgIpc) is 2.34. The van der Waals surface area contributed by atoms with E-state index in [1.807, 2.05) is 0 Å². The summed E-state index contributed by atoms with van der Waals surface area (Å²) >= 11 is 0. The number of ketones is 2. The van der Waals surface area contributed by atoms with E-state index in [2.05, 4.69) is 10.0 Å². The van der Waals surface area contributed by atoms with Gasteiger partial charge < -0.3 is 25.5 Å². The highest BCUT2D eigenvalue weighted by Gasteiger charge is 2.37. The molecule has 0 fully saturated rings. The minimum Gasteiger partial charge on any atom is -0.387 e. The minimum absolute atomic E-state index is 0.843. The lowest BCUT2D eigenvalue weighted by Crippen LogP contribution is -2.51. The summed E-state index contributed by atoms with van der Waals surface area (Å²) in [5.74, 6) is -2.43.